The number of aliphatic hydroxyl groups excluding tert-OH is 5. The maximum atomic E-state index is 14.1. The zero-order valence-corrected chi connectivity index (χ0v) is 26.7. The van der Waals surface area contributed by atoms with Crippen molar-refractivity contribution in [2.45, 2.75) is 62.2 Å². The fraction of sp³-hybridized carbons (Fsp3) is 0.314. The number of hydrogen-bond donors (Lipinski definition) is 8. The van der Waals surface area contributed by atoms with Gasteiger partial charge in [-0.2, -0.15) is 0 Å². The number of aromatic hydroxyl groups is 3. The molecular formula is C35H34O16. The Morgan fingerprint density at radius 2 is 1.49 bits per heavy atom. The van der Waals surface area contributed by atoms with Gasteiger partial charge in [0, 0.05) is 23.8 Å². The topological polar surface area (TPSA) is 255 Å². The Hall–Kier alpha value is -5.20. The monoisotopic (exact) mass is 710 g/mol. The van der Waals surface area contributed by atoms with Gasteiger partial charge in [0.1, 0.15) is 64.5 Å². The number of esters is 1. The molecule has 1 aromatic heterocycles. The Balaban J connectivity index is 1.35. The molecule has 8 N–H and O–H groups in total. The van der Waals surface area contributed by atoms with E-state index in [1.165, 1.54) is 67.6 Å². The Kier molecular flexibility index (Phi) is 10.2. The highest BCUT2D eigenvalue weighted by molar-refractivity contribution is 5.89. The fourth-order valence-electron chi connectivity index (χ4n) is 5.59. The summed E-state index contributed by atoms with van der Waals surface area (Å²) in [6.45, 7) is 0.738. The van der Waals surface area contributed by atoms with Gasteiger partial charge in [-0.25, -0.2) is 4.79 Å². The van der Waals surface area contributed by atoms with Crippen LogP contribution < -0.4 is 14.9 Å². The van der Waals surface area contributed by atoms with E-state index in [0.29, 0.717) is 5.56 Å². The number of hydrogen-bond acceptors (Lipinski definition) is 16. The van der Waals surface area contributed by atoms with Crippen LogP contribution in [0.4, 0.5) is 0 Å². The third-order valence-corrected chi connectivity index (χ3v) is 8.36. The summed E-state index contributed by atoms with van der Waals surface area (Å²) in [6, 6.07) is 13.5. The van der Waals surface area contributed by atoms with Gasteiger partial charge in [0.2, 0.25) is 23.8 Å². The Morgan fingerprint density at radius 3 is 2.16 bits per heavy atom. The van der Waals surface area contributed by atoms with E-state index in [0.717, 1.165) is 12.1 Å². The molecule has 3 unspecified atom stereocenters. The van der Waals surface area contributed by atoms with E-state index in [9.17, 15) is 50.4 Å². The van der Waals surface area contributed by atoms with Gasteiger partial charge in [0.15, 0.2) is 11.9 Å². The smallest absolute Gasteiger partial charge is 0.331 e. The predicted molar refractivity (Wildman–Crippen MR) is 174 cm³/mol. The van der Waals surface area contributed by atoms with Gasteiger partial charge in [0.25, 0.3) is 0 Å². The highest BCUT2D eigenvalue weighted by atomic mass is 16.7. The minimum Gasteiger partial charge on any atom is -0.508 e. The van der Waals surface area contributed by atoms with E-state index < -0.39 is 90.2 Å². The fourth-order valence-corrected chi connectivity index (χ4v) is 5.59. The molecular weight excluding hydrogens is 676 g/mol. The van der Waals surface area contributed by atoms with Crippen LogP contribution in [-0.2, 0) is 19.0 Å². The van der Waals surface area contributed by atoms with E-state index in [1.54, 1.807) is 0 Å². The lowest BCUT2D eigenvalue weighted by Crippen LogP contribution is -2.58. The number of benzene rings is 3. The first-order valence-corrected chi connectivity index (χ1v) is 15.6. The maximum Gasteiger partial charge on any atom is 0.331 e. The molecule has 0 radical (unpaired) electrons. The van der Waals surface area contributed by atoms with E-state index in [1.807, 2.05) is 0 Å². The number of carbonyl (C=O) groups is 1. The third kappa shape index (κ3) is 7.33. The molecule has 2 saturated heterocycles. The van der Waals surface area contributed by atoms with E-state index in [2.05, 4.69) is 0 Å². The summed E-state index contributed by atoms with van der Waals surface area (Å²) in [5.74, 6) is -2.69. The van der Waals surface area contributed by atoms with Crippen molar-refractivity contribution in [3.05, 3.63) is 82.5 Å². The van der Waals surface area contributed by atoms with E-state index in [4.69, 9.17) is 28.1 Å². The van der Waals surface area contributed by atoms with Gasteiger partial charge < -0.3 is 69.0 Å². The standard InChI is InChI=1S/C35H34O16/c1-15-26(41)29(44)30(45)34(46-15)47-20-12-21(39)25-22(13-20)48-31(17-5-9-19(38)10-6-17)32(28(25)43)51-35-33(27(42)23(14-36)49-35)50-24(40)11-4-16-2-7-18(37)8-3-16/h2-13,15,23,26-27,29-30,33-39,41-42,44-45H,14H2,1H3/b11-4+/t15?,23-,26-,27?,29?,30-,33-,34-,35-/m0/s1. The van der Waals surface area contributed by atoms with E-state index >= 15 is 0 Å². The largest absolute Gasteiger partial charge is 0.508 e. The summed E-state index contributed by atoms with van der Waals surface area (Å²) in [6.07, 6.45) is -10.8. The molecule has 4 aromatic rings. The molecule has 270 valence electrons. The predicted octanol–water partition coefficient (Wildman–Crippen LogP) is 0.865. The van der Waals surface area contributed by atoms with Crippen LogP contribution in [0.5, 0.6) is 28.7 Å². The average Bonchev–Trinajstić information content (AvgIpc) is 3.40. The van der Waals surface area contributed by atoms with Crippen LogP contribution in [0.25, 0.3) is 28.4 Å². The van der Waals surface area contributed by atoms with Crippen molar-refractivity contribution in [3.63, 3.8) is 0 Å². The molecule has 0 bridgehead atoms. The summed E-state index contributed by atoms with van der Waals surface area (Å²) < 4.78 is 34.2. The summed E-state index contributed by atoms with van der Waals surface area (Å²) in [7, 11) is 0. The van der Waals surface area contributed by atoms with Crippen molar-refractivity contribution >= 4 is 23.0 Å². The molecule has 0 spiro atoms. The number of carbonyl (C=O) groups excluding carboxylic acids is 1. The number of aliphatic hydroxyl groups is 5. The van der Waals surface area contributed by atoms with Crippen LogP contribution in [-0.4, -0.2) is 109 Å². The maximum absolute atomic E-state index is 14.1. The molecule has 3 heterocycles. The summed E-state index contributed by atoms with van der Waals surface area (Å²) in [4.78, 5) is 26.8. The molecule has 51 heavy (non-hydrogen) atoms. The highest BCUT2D eigenvalue weighted by Gasteiger charge is 2.48. The normalized spacial score (nSPS) is 27.8. The van der Waals surface area contributed by atoms with Gasteiger partial charge in [-0.15, -0.1) is 0 Å². The highest BCUT2D eigenvalue weighted by Crippen LogP contribution is 2.39. The third-order valence-electron chi connectivity index (χ3n) is 8.36. The Labute approximate surface area is 288 Å². The lowest BCUT2D eigenvalue weighted by atomic mass is 10.00. The van der Waals surface area contributed by atoms with Crippen LogP contribution in [0.1, 0.15) is 12.5 Å². The first-order valence-electron chi connectivity index (χ1n) is 15.6. The number of rotatable bonds is 9. The molecule has 16 nitrogen and oxygen atoms in total. The summed E-state index contributed by atoms with van der Waals surface area (Å²) in [5.41, 5.74) is -0.463. The quantitative estimate of drug-likeness (QED) is 0.0886. The Bertz CT molecular complexity index is 1960. The van der Waals surface area contributed by atoms with Crippen molar-refractivity contribution in [1.82, 2.24) is 0 Å². The SMILES string of the molecule is CC1O[C@@H](Oc2cc(O)c3c(=O)c(O[C@@H]4O[C@@H](CO)C(O)[C@@H]4OC(=O)/C=C/c4ccc(O)cc4)c(-c4ccc(O)cc4)oc3c2)[C@@H](O)C(O)[C@H]1O. The average molecular weight is 711 g/mol. The number of ether oxygens (including phenoxy) is 5. The molecule has 9 atom stereocenters. The second-order valence-corrected chi connectivity index (χ2v) is 11.9. The zero-order chi connectivity index (χ0) is 36.6. The molecule has 6 rings (SSSR count). The molecule has 2 fully saturated rings. The molecule has 0 amide bonds. The Morgan fingerprint density at radius 1 is 0.824 bits per heavy atom. The first kappa shape index (κ1) is 35.6. The lowest BCUT2D eigenvalue weighted by molar-refractivity contribution is -0.268. The second-order valence-electron chi connectivity index (χ2n) is 11.9. The van der Waals surface area contributed by atoms with Gasteiger partial charge in [-0.3, -0.25) is 4.79 Å². The van der Waals surface area contributed by atoms with Crippen molar-refractivity contribution in [2.24, 2.45) is 0 Å². The van der Waals surface area contributed by atoms with Crippen LogP contribution in [0.15, 0.2) is 76.0 Å². The second kappa shape index (κ2) is 14.6. The molecule has 0 aliphatic carbocycles. The van der Waals surface area contributed by atoms with Crippen LogP contribution in [0.2, 0.25) is 0 Å². The van der Waals surface area contributed by atoms with Gasteiger partial charge in [-0.1, -0.05) is 12.1 Å². The minimum atomic E-state index is -1.68. The number of phenols is 3. The number of phenolic OH excluding ortho intramolecular Hbond substituents is 3. The molecule has 2 aliphatic rings. The van der Waals surface area contributed by atoms with Crippen LogP contribution >= 0.6 is 0 Å². The van der Waals surface area contributed by atoms with Crippen molar-refractivity contribution in [1.29, 1.82) is 0 Å². The number of fused-ring (bicyclic) bond motifs is 1. The van der Waals surface area contributed by atoms with Crippen molar-refractivity contribution < 1.29 is 73.7 Å². The minimum absolute atomic E-state index is 0.0220. The van der Waals surface area contributed by atoms with E-state index in [-0.39, 0.29) is 34.2 Å². The lowest BCUT2D eigenvalue weighted by Gasteiger charge is -2.38. The van der Waals surface area contributed by atoms with Crippen LogP contribution in [0.3, 0.4) is 0 Å². The summed E-state index contributed by atoms with van der Waals surface area (Å²) in [5, 5.41) is 81.2. The van der Waals surface area contributed by atoms with Crippen molar-refractivity contribution in [2.75, 3.05) is 6.61 Å². The molecule has 0 saturated carbocycles. The van der Waals surface area contributed by atoms with Gasteiger partial charge >= 0.3 is 5.97 Å². The summed E-state index contributed by atoms with van der Waals surface area (Å²) >= 11 is 0. The van der Waals surface area contributed by atoms with Gasteiger partial charge in [-0.05, 0) is 55.0 Å². The van der Waals surface area contributed by atoms with Gasteiger partial charge in [0.05, 0.1) is 12.7 Å². The molecule has 3 aromatic carbocycles. The first-order chi connectivity index (χ1) is 24.3. The molecule has 2 aliphatic heterocycles. The van der Waals surface area contributed by atoms with Crippen LogP contribution in [0, 0.1) is 0 Å². The van der Waals surface area contributed by atoms with Crippen molar-refractivity contribution in [3.8, 4) is 40.1 Å². The zero-order valence-electron chi connectivity index (χ0n) is 26.7. The molecule has 16 heteroatoms.